The van der Waals surface area contributed by atoms with E-state index < -0.39 is 0 Å². The maximum atomic E-state index is 6.26. The Bertz CT molecular complexity index is 669. The zero-order chi connectivity index (χ0) is 13.2. The van der Waals surface area contributed by atoms with Crippen LogP contribution in [0.15, 0.2) is 47.2 Å². The van der Waals surface area contributed by atoms with Crippen molar-refractivity contribution in [2.75, 3.05) is 5.73 Å². The summed E-state index contributed by atoms with van der Waals surface area (Å²) in [4.78, 5) is 0. The van der Waals surface area contributed by atoms with Crippen LogP contribution >= 0.6 is 11.3 Å². The van der Waals surface area contributed by atoms with Gasteiger partial charge in [-0.3, -0.25) is 0 Å². The maximum Gasteiger partial charge on any atom is 0.131 e. The van der Waals surface area contributed by atoms with Crippen LogP contribution in [0.25, 0.3) is 16.9 Å². The molecular formula is C15H15N3S. The molecule has 0 fully saturated rings. The fraction of sp³-hybridized carbons (Fsp3) is 0.133. The van der Waals surface area contributed by atoms with E-state index in [0.29, 0.717) is 0 Å². The number of nitrogens with zero attached hydrogens (tertiary/aromatic N) is 2. The summed E-state index contributed by atoms with van der Waals surface area (Å²) in [5.41, 5.74) is 10.5. The zero-order valence-electron chi connectivity index (χ0n) is 10.7. The first-order valence-electron chi connectivity index (χ1n) is 6.26. The van der Waals surface area contributed by atoms with Crippen molar-refractivity contribution in [1.82, 2.24) is 9.78 Å². The number of hydrogen-bond donors (Lipinski definition) is 1. The Morgan fingerprint density at radius 1 is 1.21 bits per heavy atom. The molecule has 4 heteroatoms. The molecule has 0 saturated heterocycles. The molecule has 0 saturated carbocycles. The number of aromatic nitrogens is 2. The van der Waals surface area contributed by atoms with Crippen LogP contribution in [0, 0.1) is 0 Å². The summed E-state index contributed by atoms with van der Waals surface area (Å²) in [7, 11) is 0. The number of para-hydroxylation sites is 1. The van der Waals surface area contributed by atoms with E-state index in [-0.39, 0.29) is 0 Å². The third-order valence-corrected chi connectivity index (χ3v) is 3.86. The van der Waals surface area contributed by atoms with Crippen LogP contribution in [-0.2, 0) is 6.42 Å². The van der Waals surface area contributed by atoms with Gasteiger partial charge in [0.05, 0.1) is 11.4 Å². The molecule has 0 aliphatic heterocycles. The summed E-state index contributed by atoms with van der Waals surface area (Å²) in [6, 6.07) is 12.1. The Morgan fingerprint density at radius 3 is 2.63 bits per heavy atom. The van der Waals surface area contributed by atoms with E-state index in [0.717, 1.165) is 34.7 Å². The van der Waals surface area contributed by atoms with Crippen molar-refractivity contribution in [1.29, 1.82) is 0 Å². The topological polar surface area (TPSA) is 43.8 Å². The number of nitrogen functional groups attached to an aromatic ring is 1. The predicted octanol–water partition coefficient (Wildman–Crippen LogP) is 3.75. The van der Waals surface area contributed by atoms with Crippen molar-refractivity contribution in [3.8, 4) is 16.9 Å². The average molecular weight is 269 g/mol. The third-order valence-electron chi connectivity index (χ3n) is 3.17. The lowest BCUT2D eigenvalue weighted by Crippen LogP contribution is -2.02. The van der Waals surface area contributed by atoms with Gasteiger partial charge in [-0.15, -0.1) is 0 Å². The number of thiophene rings is 1. The van der Waals surface area contributed by atoms with E-state index in [1.807, 2.05) is 35.0 Å². The summed E-state index contributed by atoms with van der Waals surface area (Å²) in [5, 5.41) is 8.86. The van der Waals surface area contributed by atoms with Crippen LogP contribution in [-0.4, -0.2) is 9.78 Å². The molecule has 3 aromatic rings. The maximum absolute atomic E-state index is 6.26. The molecule has 96 valence electrons. The van der Waals surface area contributed by atoms with Gasteiger partial charge in [0, 0.05) is 16.5 Å². The number of anilines is 1. The molecule has 2 aromatic heterocycles. The van der Waals surface area contributed by atoms with Crippen molar-refractivity contribution in [3.05, 3.63) is 52.7 Å². The quantitative estimate of drug-likeness (QED) is 0.787. The molecular weight excluding hydrogens is 254 g/mol. The number of nitrogens with two attached hydrogens (primary N) is 1. The third kappa shape index (κ3) is 2.04. The smallest absolute Gasteiger partial charge is 0.131 e. The molecule has 0 amide bonds. The fourth-order valence-corrected chi connectivity index (χ4v) is 2.85. The first-order chi connectivity index (χ1) is 9.31. The van der Waals surface area contributed by atoms with Crippen LogP contribution in [0.4, 0.5) is 5.82 Å². The Labute approximate surface area is 116 Å². The van der Waals surface area contributed by atoms with Gasteiger partial charge < -0.3 is 5.73 Å². The van der Waals surface area contributed by atoms with Gasteiger partial charge in [0.1, 0.15) is 5.82 Å². The van der Waals surface area contributed by atoms with Gasteiger partial charge in [-0.05, 0) is 30.0 Å². The van der Waals surface area contributed by atoms with Crippen molar-refractivity contribution >= 4 is 17.2 Å². The molecule has 2 N–H and O–H groups in total. The van der Waals surface area contributed by atoms with E-state index in [1.54, 1.807) is 11.3 Å². The highest BCUT2D eigenvalue weighted by atomic mass is 32.1. The molecule has 0 atom stereocenters. The highest BCUT2D eigenvalue weighted by Crippen LogP contribution is 2.30. The number of hydrogen-bond acceptors (Lipinski definition) is 3. The molecule has 3 rings (SSSR count). The second-order valence-corrected chi connectivity index (χ2v) is 5.11. The second kappa shape index (κ2) is 4.90. The molecule has 19 heavy (non-hydrogen) atoms. The number of benzene rings is 1. The molecule has 2 heterocycles. The minimum atomic E-state index is 0.731. The van der Waals surface area contributed by atoms with Gasteiger partial charge in [-0.2, -0.15) is 16.4 Å². The van der Waals surface area contributed by atoms with Crippen LogP contribution in [0.3, 0.4) is 0 Å². The predicted molar refractivity (Wildman–Crippen MR) is 80.7 cm³/mol. The van der Waals surface area contributed by atoms with E-state index >= 15 is 0 Å². The first kappa shape index (κ1) is 12.0. The summed E-state index contributed by atoms with van der Waals surface area (Å²) in [6.45, 7) is 2.11. The summed E-state index contributed by atoms with van der Waals surface area (Å²) < 4.78 is 1.83. The fourth-order valence-electron chi connectivity index (χ4n) is 2.21. The molecule has 1 aromatic carbocycles. The molecule has 0 bridgehead atoms. The molecule has 3 nitrogen and oxygen atoms in total. The van der Waals surface area contributed by atoms with E-state index in [4.69, 9.17) is 10.8 Å². The van der Waals surface area contributed by atoms with Crippen molar-refractivity contribution in [2.45, 2.75) is 13.3 Å². The van der Waals surface area contributed by atoms with E-state index in [2.05, 4.69) is 23.8 Å². The van der Waals surface area contributed by atoms with Crippen molar-refractivity contribution < 1.29 is 0 Å². The van der Waals surface area contributed by atoms with Crippen LogP contribution in [0.5, 0.6) is 0 Å². The van der Waals surface area contributed by atoms with Crippen molar-refractivity contribution in [3.63, 3.8) is 0 Å². The van der Waals surface area contributed by atoms with Gasteiger partial charge in [-0.1, -0.05) is 25.1 Å². The van der Waals surface area contributed by atoms with Gasteiger partial charge in [0.2, 0.25) is 0 Å². The molecule has 0 radical (unpaired) electrons. The zero-order valence-corrected chi connectivity index (χ0v) is 11.5. The summed E-state index contributed by atoms with van der Waals surface area (Å²) in [5.74, 6) is 0.731. The van der Waals surface area contributed by atoms with Crippen LogP contribution < -0.4 is 5.73 Å². The standard InChI is InChI=1S/C15H15N3S/c1-2-13-14(11-8-9-19-10-11)17-18(15(13)16)12-6-4-3-5-7-12/h3-10H,2,16H2,1H3. The highest BCUT2D eigenvalue weighted by Gasteiger charge is 2.16. The molecule has 0 aliphatic carbocycles. The lowest BCUT2D eigenvalue weighted by atomic mass is 10.1. The van der Waals surface area contributed by atoms with Gasteiger partial charge in [0.25, 0.3) is 0 Å². The first-order valence-corrected chi connectivity index (χ1v) is 7.21. The highest BCUT2D eigenvalue weighted by molar-refractivity contribution is 7.08. The SMILES string of the molecule is CCc1c(-c2ccsc2)nn(-c2ccccc2)c1N. The molecule has 0 spiro atoms. The Kier molecular flexibility index (Phi) is 3.09. The minimum Gasteiger partial charge on any atom is -0.383 e. The Balaban J connectivity index is 2.18. The average Bonchev–Trinajstić information content (AvgIpc) is 3.07. The van der Waals surface area contributed by atoms with Crippen molar-refractivity contribution in [2.24, 2.45) is 0 Å². The summed E-state index contributed by atoms with van der Waals surface area (Å²) in [6.07, 6.45) is 0.879. The largest absolute Gasteiger partial charge is 0.383 e. The van der Waals surface area contributed by atoms with E-state index in [9.17, 15) is 0 Å². The van der Waals surface area contributed by atoms with Gasteiger partial charge in [0.15, 0.2) is 0 Å². The van der Waals surface area contributed by atoms with Crippen LogP contribution in [0.1, 0.15) is 12.5 Å². The Morgan fingerprint density at radius 2 is 2.00 bits per heavy atom. The summed E-state index contributed by atoms with van der Waals surface area (Å²) >= 11 is 1.67. The van der Waals surface area contributed by atoms with Crippen LogP contribution in [0.2, 0.25) is 0 Å². The normalized spacial score (nSPS) is 10.8. The molecule has 0 unspecified atom stereocenters. The lowest BCUT2D eigenvalue weighted by molar-refractivity contribution is 0.895. The van der Waals surface area contributed by atoms with E-state index in [1.165, 1.54) is 0 Å². The minimum absolute atomic E-state index is 0.731. The Hall–Kier alpha value is -2.07. The second-order valence-electron chi connectivity index (χ2n) is 4.33. The monoisotopic (exact) mass is 269 g/mol. The lowest BCUT2D eigenvalue weighted by Gasteiger charge is -2.03. The van der Waals surface area contributed by atoms with Gasteiger partial charge >= 0.3 is 0 Å². The molecule has 0 aliphatic rings. The number of rotatable bonds is 3. The van der Waals surface area contributed by atoms with Gasteiger partial charge in [-0.25, -0.2) is 4.68 Å².